The molecular weight excluding hydrogens is 278 g/mol. The van der Waals surface area contributed by atoms with Crippen LogP contribution in [-0.4, -0.2) is 48.5 Å². The number of aromatic nitrogens is 2. The summed E-state index contributed by atoms with van der Waals surface area (Å²) in [7, 11) is 0. The van der Waals surface area contributed by atoms with Crippen molar-refractivity contribution in [2.24, 2.45) is 0 Å². The maximum Gasteiger partial charge on any atom is 0.133 e. The molecule has 0 aliphatic carbocycles. The lowest BCUT2D eigenvalue weighted by Gasteiger charge is -2.40. The van der Waals surface area contributed by atoms with Crippen LogP contribution in [0.5, 0.6) is 0 Å². The molecule has 5 nitrogen and oxygen atoms in total. The number of rotatable bonds is 3. The largest absolute Gasteiger partial charge is 0.378 e. The maximum absolute atomic E-state index is 6.02. The molecule has 0 bridgehead atoms. The molecule has 0 radical (unpaired) electrons. The molecule has 0 amide bonds. The SMILES string of the molecule is CC(C)c1cc(N2CCOC3(CCOC3)C2)nc(C(C)C)n1. The van der Waals surface area contributed by atoms with Crippen molar-refractivity contribution in [2.75, 3.05) is 37.8 Å². The topological polar surface area (TPSA) is 47.5 Å². The standard InChI is InChI=1S/C17H27N3O2/c1-12(2)14-9-15(19-16(18-14)13(3)4)20-6-8-22-17(10-20)5-7-21-11-17/h9,12-13H,5-8,10-11H2,1-4H3. The second-order valence-corrected chi connectivity index (χ2v) is 7.07. The van der Waals surface area contributed by atoms with E-state index < -0.39 is 0 Å². The molecule has 1 unspecified atom stereocenters. The molecular formula is C17H27N3O2. The van der Waals surface area contributed by atoms with Crippen molar-refractivity contribution < 1.29 is 9.47 Å². The average molecular weight is 305 g/mol. The Morgan fingerprint density at radius 1 is 1.14 bits per heavy atom. The Balaban J connectivity index is 1.89. The third-order valence-electron chi connectivity index (χ3n) is 4.50. The molecule has 2 aliphatic heterocycles. The van der Waals surface area contributed by atoms with Crippen LogP contribution in [0.1, 0.15) is 57.5 Å². The summed E-state index contributed by atoms with van der Waals surface area (Å²) in [5, 5.41) is 0. The predicted octanol–water partition coefficient (Wildman–Crippen LogP) is 2.72. The van der Waals surface area contributed by atoms with Crippen LogP contribution in [0.15, 0.2) is 6.07 Å². The van der Waals surface area contributed by atoms with Crippen LogP contribution < -0.4 is 4.90 Å². The van der Waals surface area contributed by atoms with E-state index in [9.17, 15) is 0 Å². The van der Waals surface area contributed by atoms with Gasteiger partial charge < -0.3 is 14.4 Å². The van der Waals surface area contributed by atoms with Crippen molar-refractivity contribution in [2.45, 2.75) is 51.6 Å². The highest BCUT2D eigenvalue weighted by Crippen LogP contribution is 2.30. The van der Waals surface area contributed by atoms with Gasteiger partial charge in [-0.2, -0.15) is 0 Å². The molecule has 2 saturated heterocycles. The van der Waals surface area contributed by atoms with E-state index in [1.165, 1.54) is 0 Å². The molecule has 1 atom stereocenters. The average Bonchev–Trinajstić information content (AvgIpc) is 2.94. The minimum Gasteiger partial charge on any atom is -0.378 e. The lowest BCUT2D eigenvalue weighted by molar-refractivity contribution is -0.0581. The van der Waals surface area contributed by atoms with Crippen molar-refractivity contribution in [1.29, 1.82) is 0 Å². The normalized spacial score (nSPS) is 25.6. The van der Waals surface area contributed by atoms with Crippen LogP contribution in [0.2, 0.25) is 0 Å². The Bertz CT molecular complexity index is 498. The van der Waals surface area contributed by atoms with Gasteiger partial charge in [-0.05, 0) is 5.92 Å². The van der Waals surface area contributed by atoms with E-state index in [2.05, 4.69) is 38.7 Å². The first-order valence-electron chi connectivity index (χ1n) is 8.35. The van der Waals surface area contributed by atoms with Gasteiger partial charge in [0.2, 0.25) is 0 Å². The molecule has 5 heteroatoms. The summed E-state index contributed by atoms with van der Waals surface area (Å²) in [4.78, 5) is 11.9. The Kier molecular flexibility index (Phi) is 4.37. The highest BCUT2D eigenvalue weighted by atomic mass is 16.6. The van der Waals surface area contributed by atoms with Crippen LogP contribution in [-0.2, 0) is 9.47 Å². The zero-order valence-electron chi connectivity index (χ0n) is 14.1. The van der Waals surface area contributed by atoms with E-state index in [0.717, 1.165) is 50.1 Å². The fourth-order valence-electron chi connectivity index (χ4n) is 3.05. The molecule has 22 heavy (non-hydrogen) atoms. The van der Waals surface area contributed by atoms with Crippen LogP contribution >= 0.6 is 0 Å². The summed E-state index contributed by atoms with van der Waals surface area (Å²) in [6.07, 6.45) is 0.975. The Morgan fingerprint density at radius 3 is 2.59 bits per heavy atom. The van der Waals surface area contributed by atoms with Gasteiger partial charge in [-0.3, -0.25) is 0 Å². The number of hydrogen-bond acceptors (Lipinski definition) is 5. The van der Waals surface area contributed by atoms with Crippen LogP contribution in [0.4, 0.5) is 5.82 Å². The number of nitrogens with zero attached hydrogens (tertiary/aromatic N) is 3. The summed E-state index contributed by atoms with van der Waals surface area (Å²) in [5.41, 5.74) is 0.982. The quantitative estimate of drug-likeness (QED) is 0.859. The second-order valence-electron chi connectivity index (χ2n) is 7.07. The number of anilines is 1. The number of hydrogen-bond donors (Lipinski definition) is 0. The summed E-state index contributed by atoms with van der Waals surface area (Å²) in [6, 6.07) is 2.14. The van der Waals surface area contributed by atoms with Crippen molar-refractivity contribution >= 4 is 5.82 Å². The third-order valence-corrected chi connectivity index (χ3v) is 4.50. The summed E-state index contributed by atoms with van der Waals surface area (Å²) in [5.74, 6) is 2.72. The Hall–Kier alpha value is -1.20. The van der Waals surface area contributed by atoms with Gasteiger partial charge in [0.05, 0.1) is 19.8 Å². The second kappa shape index (κ2) is 6.13. The molecule has 3 rings (SSSR count). The Labute approximate surface area is 133 Å². The molecule has 122 valence electrons. The van der Waals surface area contributed by atoms with Gasteiger partial charge in [-0.25, -0.2) is 9.97 Å². The van der Waals surface area contributed by atoms with Gasteiger partial charge in [-0.1, -0.05) is 27.7 Å². The Morgan fingerprint density at radius 2 is 1.95 bits per heavy atom. The lowest BCUT2D eigenvalue weighted by Crippen LogP contribution is -2.52. The number of morpholine rings is 1. The van der Waals surface area contributed by atoms with Gasteiger partial charge in [0.15, 0.2) is 0 Å². The van der Waals surface area contributed by atoms with Crippen molar-refractivity contribution in [3.05, 3.63) is 17.6 Å². The lowest BCUT2D eigenvalue weighted by atomic mass is 10.0. The summed E-state index contributed by atoms with van der Waals surface area (Å²) >= 11 is 0. The van der Waals surface area contributed by atoms with Crippen LogP contribution in [0, 0.1) is 0 Å². The molecule has 1 aromatic heterocycles. The first kappa shape index (κ1) is 15.7. The molecule has 1 spiro atoms. The smallest absolute Gasteiger partial charge is 0.133 e. The van der Waals surface area contributed by atoms with Gasteiger partial charge >= 0.3 is 0 Å². The summed E-state index contributed by atoms with van der Waals surface area (Å²) in [6.45, 7) is 12.6. The highest BCUT2D eigenvalue weighted by Gasteiger charge is 2.40. The fraction of sp³-hybridized carbons (Fsp3) is 0.765. The van der Waals surface area contributed by atoms with E-state index in [1.807, 2.05) is 0 Å². The zero-order valence-corrected chi connectivity index (χ0v) is 14.1. The molecule has 0 N–H and O–H groups in total. The van der Waals surface area contributed by atoms with Crippen molar-refractivity contribution in [3.8, 4) is 0 Å². The molecule has 2 aliphatic rings. The van der Waals surface area contributed by atoms with E-state index in [-0.39, 0.29) is 5.60 Å². The first-order valence-corrected chi connectivity index (χ1v) is 8.35. The van der Waals surface area contributed by atoms with Gasteiger partial charge in [0.25, 0.3) is 0 Å². The van der Waals surface area contributed by atoms with Crippen LogP contribution in [0.25, 0.3) is 0 Å². The third kappa shape index (κ3) is 3.10. The van der Waals surface area contributed by atoms with Gasteiger partial charge in [0.1, 0.15) is 17.2 Å². The maximum atomic E-state index is 6.02. The fourth-order valence-corrected chi connectivity index (χ4v) is 3.05. The van der Waals surface area contributed by atoms with E-state index in [0.29, 0.717) is 18.4 Å². The predicted molar refractivity (Wildman–Crippen MR) is 86.5 cm³/mol. The van der Waals surface area contributed by atoms with E-state index in [4.69, 9.17) is 19.4 Å². The van der Waals surface area contributed by atoms with E-state index >= 15 is 0 Å². The summed E-state index contributed by atoms with van der Waals surface area (Å²) < 4.78 is 11.6. The molecule has 0 aromatic carbocycles. The zero-order chi connectivity index (χ0) is 15.7. The van der Waals surface area contributed by atoms with Gasteiger partial charge in [-0.15, -0.1) is 0 Å². The molecule has 0 saturated carbocycles. The van der Waals surface area contributed by atoms with Gasteiger partial charge in [0, 0.05) is 37.3 Å². The molecule has 1 aromatic rings. The number of ether oxygens (including phenoxy) is 2. The molecule has 2 fully saturated rings. The van der Waals surface area contributed by atoms with E-state index in [1.54, 1.807) is 0 Å². The van der Waals surface area contributed by atoms with Crippen molar-refractivity contribution in [1.82, 2.24) is 9.97 Å². The molecule has 3 heterocycles. The first-order chi connectivity index (χ1) is 10.5. The minimum atomic E-state index is -0.140. The highest BCUT2D eigenvalue weighted by molar-refractivity contribution is 5.42. The van der Waals surface area contributed by atoms with Crippen molar-refractivity contribution in [3.63, 3.8) is 0 Å². The van der Waals surface area contributed by atoms with Crippen LogP contribution in [0.3, 0.4) is 0 Å². The minimum absolute atomic E-state index is 0.140. The monoisotopic (exact) mass is 305 g/mol.